The van der Waals surface area contributed by atoms with Crippen LogP contribution in [0, 0.1) is 11.6 Å². The number of sulfonamides is 1. The number of benzene rings is 3. The van der Waals surface area contributed by atoms with Crippen molar-refractivity contribution in [2.75, 3.05) is 23.7 Å². The Labute approximate surface area is 222 Å². The molecule has 38 heavy (non-hydrogen) atoms. The zero-order valence-electron chi connectivity index (χ0n) is 21.3. The van der Waals surface area contributed by atoms with Crippen LogP contribution in [-0.2, 0) is 32.6 Å². The van der Waals surface area contributed by atoms with Crippen molar-refractivity contribution < 1.29 is 26.8 Å². The van der Waals surface area contributed by atoms with Gasteiger partial charge in [-0.1, -0.05) is 61.5 Å². The fourth-order valence-electron chi connectivity index (χ4n) is 3.98. The number of nitrogens with zero attached hydrogens (tertiary/aromatic N) is 2. The summed E-state index contributed by atoms with van der Waals surface area (Å²) >= 11 is 0. The predicted molar refractivity (Wildman–Crippen MR) is 143 cm³/mol. The molecular weight excluding hydrogens is 512 g/mol. The van der Waals surface area contributed by atoms with Crippen LogP contribution in [0.4, 0.5) is 14.5 Å². The van der Waals surface area contributed by atoms with Gasteiger partial charge < -0.3 is 10.2 Å². The maximum Gasteiger partial charge on any atom is 0.244 e. The van der Waals surface area contributed by atoms with Crippen LogP contribution < -0.4 is 9.62 Å². The van der Waals surface area contributed by atoms with Gasteiger partial charge in [-0.15, -0.1) is 0 Å². The Morgan fingerprint density at radius 2 is 1.63 bits per heavy atom. The predicted octanol–water partition coefficient (Wildman–Crippen LogP) is 3.90. The first-order valence-electron chi connectivity index (χ1n) is 12.2. The van der Waals surface area contributed by atoms with E-state index in [9.17, 15) is 26.8 Å². The van der Waals surface area contributed by atoms with Crippen LogP contribution in [-0.4, -0.2) is 50.5 Å². The van der Waals surface area contributed by atoms with Crippen LogP contribution in [0.2, 0.25) is 0 Å². The van der Waals surface area contributed by atoms with Crippen molar-refractivity contribution in [3.63, 3.8) is 0 Å². The van der Waals surface area contributed by atoms with E-state index in [0.29, 0.717) is 13.0 Å². The Morgan fingerprint density at radius 3 is 2.26 bits per heavy atom. The van der Waals surface area contributed by atoms with Crippen LogP contribution >= 0.6 is 0 Å². The van der Waals surface area contributed by atoms with Gasteiger partial charge in [-0.2, -0.15) is 0 Å². The topological polar surface area (TPSA) is 86.8 Å². The molecule has 3 aromatic rings. The van der Waals surface area contributed by atoms with E-state index in [1.165, 1.54) is 35.2 Å². The Kier molecular flexibility index (Phi) is 9.95. The first kappa shape index (κ1) is 28.8. The third kappa shape index (κ3) is 7.85. The number of rotatable bonds is 12. The number of halogens is 2. The third-order valence-corrected chi connectivity index (χ3v) is 7.03. The van der Waals surface area contributed by atoms with Crippen LogP contribution in [0.3, 0.4) is 0 Å². The summed E-state index contributed by atoms with van der Waals surface area (Å²) in [6, 6.07) is 18.7. The lowest BCUT2D eigenvalue weighted by Crippen LogP contribution is -2.53. The highest BCUT2D eigenvalue weighted by Gasteiger charge is 2.33. The molecule has 0 saturated carbocycles. The molecule has 0 spiro atoms. The number of anilines is 1. The van der Waals surface area contributed by atoms with Crippen molar-refractivity contribution in [3.8, 4) is 0 Å². The molecule has 0 aliphatic heterocycles. The van der Waals surface area contributed by atoms with Gasteiger partial charge >= 0.3 is 0 Å². The summed E-state index contributed by atoms with van der Waals surface area (Å²) in [6.45, 7) is 1.27. The van der Waals surface area contributed by atoms with Crippen molar-refractivity contribution >= 4 is 27.5 Å². The Balaban J connectivity index is 2.05. The number of carbonyl (C=O) groups excluding carboxylic acids is 2. The molecule has 3 rings (SSSR count). The maximum atomic E-state index is 14.7. The molecule has 0 aliphatic rings. The lowest BCUT2D eigenvalue weighted by Gasteiger charge is -2.33. The van der Waals surface area contributed by atoms with Crippen LogP contribution in [0.25, 0.3) is 0 Å². The Bertz CT molecular complexity index is 1350. The summed E-state index contributed by atoms with van der Waals surface area (Å²) in [5, 5.41) is 2.80. The van der Waals surface area contributed by atoms with E-state index in [4.69, 9.17) is 0 Å². The number of nitrogens with one attached hydrogen (secondary N) is 1. The van der Waals surface area contributed by atoms with Gasteiger partial charge in [0.15, 0.2) is 0 Å². The molecule has 0 radical (unpaired) electrons. The quantitative estimate of drug-likeness (QED) is 0.376. The normalized spacial score (nSPS) is 12.0. The van der Waals surface area contributed by atoms with E-state index in [1.54, 1.807) is 30.3 Å². The molecule has 0 unspecified atom stereocenters. The van der Waals surface area contributed by atoms with Gasteiger partial charge in [0.05, 0.1) is 11.9 Å². The monoisotopic (exact) mass is 543 g/mol. The van der Waals surface area contributed by atoms with Gasteiger partial charge in [-0.25, -0.2) is 17.2 Å². The number of carbonyl (C=O) groups is 2. The molecule has 0 bridgehead atoms. The molecule has 0 aliphatic carbocycles. The Hall–Kier alpha value is -3.79. The highest BCUT2D eigenvalue weighted by Crippen LogP contribution is 2.21. The largest absolute Gasteiger partial charge is 0.354 e. The average molecular weight is 544 g/mol. The average Bonchev–Trinajstić information content (AvgIpc) is 2.88. The van der Waals surface area contributed by atoms with E-state index in [0.717, 1.165) is 28.3 Å². The molecule has 10 heteroatoms. The zero-order valence-corrected chi connectivity index (χ0v) is 22.1. The molecule has 0 heterocycles. The van der Waals surface area contributed by atoms with Crippen molar-refractivity contribution in [2.24, 2.45) is 0 Å². The smallest absolute Gasteiger partial charge is 0.244 e. The Morgan fingerprint density at radius 1 is 0.947 bits per heavy atom. The van der Waals surface area contributed by atoms with Gasteiger partial charge in [-0.3, -0.25) is 13.9 Å². The molecular formula is C28H31F2N3O4S. The second kappa shape index (κ2) is 13.1. The number of hydrogen-bond acceptors (Lipinski definition) is 4. The van der Waals surface area contributed by atoms with Gasteiger partial charge in [0, 0.05) is 25.1 Å². The van der Waals surface area contributed by atoms with Crippen LogP contribution in [0.1, 0.15) is 24.5 Å². The summed E-state index contributed by atoms with van der Waals surface area (Å²) in [5.74, 6) is -2.43. The molecule has 0 aromatic heterocycles. The molecule has 1 atom stereocenters. The van der Waals surface area contributed by atoms with E-state index in [2.05, 4.69) is 5.32 Å². The van der Waals surface area contributed by atoms with Gasteiger partial charge in [-0.05, 0) is 36.2 Å². The van der Waals surface area contributed by atoms with E-state index < -0.39 is 46.1 Å². The zero-order chi connectivity index (χ0) is 27.7. The second-order valence-corrected chi connectivity index (χ2v) is 10.8. The highest BCUT2D eigenvalue weighted by atomic mass is 32.2. The second-order valence-electron chi connectivity index (χ2n) is 8.86. The number of amides is 2. The van der Waals surface area contributed by atoms with Crippen molar-refractivity contribution in [1.29, 1.82) is 0 Å². The fourth-order valence-corrected chi connectivity index (χ4v) is 4.82. The SMILES string of the molecule is CCCNC(=O)[C@H](Cc1ccccc1)N(Cc1ccccc1F)C(=O)CN(c1cccc(F)c1)S(C)(=O)=O. The highest BCUT2D eigenvalue weighted by molar-refractivity contribution is 7.92. The lowest BCUT2D eigenvalue weighted by atomic mass is 10.0. The minimum absolute atomic E-state index is 0.0401. The summed E-state index contributed by atoms with van der Waals surface area (Å²) in [7, 11) is -4.02. The first-order valence-corrected chi connectivity index (χ1v) is 14.0. The molecule has 7 nitrogen and oxygen atoms in total. The maximum absolute atomic E-state index is 14.7. The van der Waals surface area contributed by atoms with Gasteiger partial charge in [0.1, 0.15) is 24.2 Å². The minimum atomic E-state index is -4.02. The van der Waals surface area contributed by atoms with Gasteiger partial charge in [0.2, 0.25) is 21.8 Å². The number of hydrogen-bond donors (Lipinski definition) is 1. The fraction of sp³-hybridized carbons (Fsp3) is 0.286. The third-order valence-electron chi connectivity index (χ3n) is 5.89. The van der Waals surface area contributed by atoms with Crippen molar-refractivity contribution in [3.05, 3.63) is 102 Å². The summed E-state index contributed by atoms with van der Waals surface area (Å²) in [5.41, 5.74) is 0.890. The molecule has 0 saturated heterocycles. The molecule has 2 amide bonds. The summed E-state index contributed by atoms with van der Waals surface area (Å²) in [4.78, 5) is 28.3. The van der Waals surface area contributed by atoms with E-state index in [-0.39, 0.29) is 24.2 Å². The van der Waals surface area contributed by atoms with Crippen molar-refractivity contribution in [1.82, 2.24) is 10.2 Å². The van der Waals surface area contributed by atoms with Gasteiger partial charge in [0.25, 0.3) is 0 Å². The van der Waals surface area contributed by atoms with Crippen LogP contribution in [0.15, 0.2) is 78.9 Å². The summed E-state index contributed by atoms with van der Waals surface area (Å²) in [6.07, 6.45) is 1.68. The van der Waals surface area contributed by atoms with E-state index >= 15 is 0 Å². The minimum Gasteiger partial charge on any atom is -0.354 e. The van der Waals surface area contributed by atoms with Crippen LogP contribution in [0.5, 0.6) is 0 Å². The molecule has 3 aromatic carbocycles. The molecule has 202 valence electrons. The first-order chi connectivity index (χ1) is 18.1. The van der Waals surface area contributed by atoms with Crippen molar-refractivity contribution in [2.45, 2.75) is 32.4 Å². The molecule has 1 N–H and O–H groups in total. The van der Waals surface area contributed by atoms with E-state index in [1.807, 2.05) is 13.0 Å². The lowest BCUT2D eigenvalue weighted by molar-refractivity contribution is -0.140. The summed E-state index contributed by atoms with van der Waals surface area (Å²) < 4.78 is 54.7. The molecule has 0 fully saturated rings. The standard InChI is InChI=1S/C28H31F2N3O4S/c1-3-16-31-28(35)26(17-21-10-5-4-6-11-21)32(19-22-12-7-8-15-25(22)30)27(34)20-33(38(2,36)37)24-14-9-13-23(29)18-24/h4-15,18,26H,3,16-17,19-20H2,1-2H3,(H,31,35)/t26-/m0/s1.